The maximum Gasteiger partial charge on any atom is 0.241 e. The third-order valence-corrected chi connectivity index (χ3v) is 5.82. The molecule has 6 nitrogen and oxygen atoms in total. The summed E-state index contributed by atoms with van der Waals surface area (Å²) in [7, 11) is -3.78. The van der Waals surface area contributed by atoms with Crippen LogP contribution in [0.15, 0.2) is 53.4 Å². The molecular formula is C20H25ClN2O4S. The Kier molecular flexibility index (Phi) is 8.29. The number of halogens is 1. The molecule has 0 radical (unpaired) electrons. The van der Waals surface area contributed by atoms with E-state index in [1.807, 2.05) is 31.2 Å². The molecule has 0 unspecified atom stereocenters. The van der Waals surface area contributed by atoms with Gasteiger partial charge in [-0.1, -0.05) is 29.3 Å². The van der Waals surface area contributed by atoms with Crippen LogP contribution in [0.5, 0.6) is 5.75 Å². The molecule has 2 rings (SSSR count). The third kappa shape index (κ3) is 7.14. The number of hydrogen-bond donors (Lipinski definition) is 2. The molecule has 2 aromatic carbocycles. The second-order valence-electron chi connectivity index (χ2n) is 6.46. The normalized spacial score (nSPS) is 12.4. The number of aryl methyl sites for hydroxylation is 1. The Morgan fingerprint density at radius 2 is 1.71 bits per heavy atom. The number of sulfonamides is 1. The zero-order valence-electron chi connectivity index (χ0n) is 15.9. The summed E-state index contributed by atoms with van der Waals surface area (Å²) < 4.78 is 32.5. The van der Waals surface area contributed by atoms with Crippen LogP contribution in [-0.4, -0.2) is 33.5 Å². The van der Waals surface area contributed by atoms with Gasteiger partial charge in [0.15, 0.2) is 0 Å². The summed E-state index contributed by atoms with van der Waals surface area (Å²) in [6.07, 6.45) is 1.51. The van der Waals surface area contributed by atoms with Gasteiger partial charge in [-0.2, -0.15) is 4.72 Å². The predicted molar refractivity (Wildman–Crippen MR) is 110 cm³/mol. The molecule has 1 amide bonds. The highest BCUT2D eigenvalue weighted by Crippen LogP contribution is 2.14. The Bertz CT molecular complexity index is 868. The van der Waals surface area contributed by atoms with E-state index in [-0.39, 0.29) is 10.8 Å². The number of benzene rings is 2. The van der Waals surface area contributed by atoms with Crippen molar-refractivity contribution in [2.24, 2.45) is 0 Å². The van der Waals surface area contributed by atoms with Gasteiger partial charge in [0.2, 0.25) is 15.9 Å². The molecule has 0 spiro atoms. The molecular weight excluding hydrogens is 400 g/mol. The van der Waals surface area contributed by atoms with E-state index < -0.39 is 16.1 Å². The van der Waals surface area contributed by atoms with Gasteiger partial charge in [0, 0.05) is 11.6 Å². The minimum absolute atomic E-state index is 0.0600. The molecule has 1 atom stereocenters. The average molecular weight is 425 g/mol. The van der Waals surface area contributed by atoms with Crippen molar-refractivity contribution in [3.8, 4) is 5.75 Å². The smallest absolute Gasteiger partial charge is 0.241 e. The summed E-state index contributed by atoms with van der Waals surface area (Å²) >= 11 is 5.76. The minimum Gasteiger partial charge on any atom is -0.494 e. The average Bonchev–Trinajstić information content (AvgIpc) is 2.65. The maximum absolute atomic E-state index is 12.3. The van der Waals surface area contributed by atoms with E-state index in [1.165, 1.54) is 36.8 Å². The minimum atomic E-state index is -3.78. The number of rotatable bonds is 10. The van der Waals surface area contributed by atoms with E-state index >= 15 is 0 Å². The summed E-state index contributed by atoms with van der Waals surface area (Å²) in [5, 5.41) is 3.17. The highest BCUT2D eigenvalue weighted by Gasteiger charge is 2.21. The zero-order chi connectivity index (χ0) is 20.6. The molecule has 2 N–H and O–H groups in total. The molecule has 0 bridgehead atoms. The molecule has 0 aliphatic carbocycles. The maximum atomic E-state index is 12.3. The number of ether oxygens (including phenoxy) is 1. The Balaban J connectivity index is 1.67. The molecule has 0 aliphatic heterocycles. The van der Waals surface area contributed by atoms with E-state index in [2.05, 4.69) is 10.0 Å². The van der Waals surface area contributed by atoms with E-state index in [4.69, 9.17) is 16.3 Å². The lowest BCUT2D eigenvalue weighted by atomic mass is 10.2. The van der Waals surface area contributed by atoms with Crippen LogP contribution in [-0.2, 0) is 14.8 Å². The lowest BCUT2D eigenvalue weighted by molar-refractivity contribution is -0.122. The highest BCUT2D eigenvalue weighted by molar-refractivity contribution is 7.89. The first-order valence-corrected chi connectivity index (χ1v) is 10.9. The van der Waals surface area contributed by atoms with Crippen LogP contribution in [0.1, 0.15) is 25.3 Å². The monoisotopic (exact) mass is 424 g/mol. The zero-order valence-corrected chi connectivity index (χ0v) is 17.5. The van der Waals surface area contributed by atoms with E-state index in [1.54, 1.807) is 0 Å². The van der Waals surface area contributed by atoms with Crippen LogP contribution < -0.4 is 14.8 Å². The Morgan fingerprint density at radius 3 is 2.36 bits per heavy atom. The fourth-order valence-corrected chi connectivity index (χ4v) is 3.71. The molecule has 28 heavy (non-hydrogen) atoms. The van der Waals surface area contributed by atoms with Crippen molar-refractivity contribution >= 4 is 27.5 Å². The highest BCUT2D eigenvalue weighted by atomic mass is 35.5. The van der Waals surface area contributed by atoms with E-state index in [0.717, 1.165) is 18.6 Å². The molecule has 0 saturated carbocycles. The number of carbonyl (C=O) groups is 1. The predicted octanol–water partition coefficient (Wildman–Crippen LogP) is 3.29. The van der Waals surface area contributed by atoms with Gasteiger partial charge < -0.3 is 10.1 Å². The lowest BCUT2D eigenvalue weighted by Crippen LogP contribution is -2.44. The Morgan fingerprint density at radius 1 is 1.07 bits per heavy atom. The molecule has 0 aliphatic rings. The molecule has 8 heteroatoms. The summed E-state index contributed by atoms with van der Waals surface area (Å²) in [5.41, 5.74) is 1.18. The SMILES string of the molecule is Cc1ccc(OCCCCNC(=O)[C@H](C)NS(=O)(=O)c2ccc(Cl)cc2)cc1. The fourth-order valence-electron chi connectivity index (χ4n) is 2.38. The first-order valence-electron chi connectivity index (χ1n) is 9.03. The standard InChI is InChI=1S/C20H25ClN2O4S/c1-15-5-9-18(10-6-15)27-14-4-3-13-22-20(24)16(2)23-28(25,26)19-11-7-17(21)8-12-19/h5-12,16,23H,3-4,13-14H2,1-2H3,(H,22,24)/t16-/m0/s1. The number of unbranched alkanes of at least 4 members (excludes halogenated alkanes) is 1. The second-order valence-corrected chi connectivity index (χ2v) is 8.61. The number of hydrogen-bond acceptors (Lipinski definition) is 4. The molecule has 0 saturated heterocycles. The van der Waals surface area contributed by atoms with Gasteiger partial charge in [-0.15, -0.1) is 0 Å². The molecule has 0 fully saturated rings. The van der Waals surface area contributed by atoms with Crippen LogP contribution in [0.3, 0.4) is 0 Å². The van der Waals surface area contributed by atoms with Gasteiger partial charge in [-0.05, 0) is 63.1 Å². The van der Waals surface area contributed by atoms with Gasteiger partial charge in [-0.3, -0.25) is 4.79 Å². The summed E-state index contributed by atoms with van der Waals surface area (Å²) in [6, 6.07) is 12.7. The summed E-state index contributed by atoms with van der Waals surface area (Å²) in [6.45, 7) is 4.52. The van der Waals surface area contributed by atoms with Gasteiger partial charge in [0.1, 0.15) is 5.75 Å². The number of carbonyl (C=O) groups excluding carboxylic acids is 1. The van der Waals surface area contributed by atoms with Gasteiger partial charge in [-0.25, -0.2) is 8.42 Å². The molecule has 0 heterocycles. The van der Waals surface area contributed by atoms with E-state index in [0.29, 0.717) is 18.2 Å². The van der Waals surface area contributed by atoms with Crippen LogP contribution in [0.2, 0.25) is 5.02 Å². The largest absolute Gasteiger partial charge is 0.494 e. The fraction of sp³-hybridized carbons (Fsp3) is 0.350. The van der Waals surface area contributed by atoms with E-state index in [9.17, 15) is 13.2 Å². The molecule has 2 aromatic rings. The quantitative estimate of drug-likeness (QED) is 0.573. The first kappa shape index (κ1) is 22.2. The Labute approximate surface area is 171 Å². The van der Waals surface area contributed by atoms with Gasteiger partial charge >= 0.3 is 0 Å². The third-order valence-electron chi connectivity index (χ3n) is 4.01. The van der Waals surface area contributed by atoms with Crippen molar-refractivity contribution in [2.75, 3.05) is 13.2 Å². The van der Waals surface area contributed by atoms with Crippen molar-refractivity contribution in [1.82, 2.24) is 10.0 Å². The Hall–Kier alpha value is -2.09. The van der Waals surface area contributed by atoms with Gasteiger partial charge in [0.25, 0.3) is 0 Å². The van der Waals surface area contributed by atoms with Crippen molar-refractivity contribution in [1.29, 1.82) is 0 Å². The van der Waals surface area contributed by atoms with Crippen LogP contribution in [0.4, 0.5) is 0 Å². The number of amides is 1. The van der Waals surface area contributed by atoms with Crippen molar-refractivity contribution < 1.29 is 17.9 Å². The summed E-state index contributed by atoms with van der Waals surface area (Å²) in [5.74, 6) is 0.442. The first-order chi connectivity index (χ1) is 13.3. The second kappa shape index (κ2) is 10.5. The van der Waals surface area contributed by atoms with Crippen LogP contribution in [0.25, 0.3) is 0 Å². The topological polar surface area (TPSA) is 84.5 Å². The van der Waals surface area contributed by atoms with Crippen molar-refractivity contribution in [3.05, 3.63) is 59.1 Å². The van der Waals surface area contributed by atoms with Crippen molar-refractivity contribution in [2.45, 2.75) is 37.6 Å². The van der Waals surface area contributed by atoms with Crippen LogP contribution in [0, 0.1) is 6.92 Å². The van der Waals surface area contributed by atoms with Gasteiger partial charge in [0.05, 0.1) is 17.5 Å². The molecule has 0 aromatic heterocycles. The lowest BCUT2D eigenvalue weighted by Gasteiger charge is -2.14. The van der Waals surface area contributed by atoms with Crippen LogP contribution >= 0.6 is 11.6 Å². The molecule has 152 valence electrons. The summed E-state index contributed by atoms with van der Waals surface area (Å²) in [4.78, 5) is 12.2. The van der Waals surface area contributed by atoms with Crippen molar-refractivity contribution in [3.63, 3.8) is 0 Å². The number of nitrogens with one attached hydrogen (secondary N) is 2.